The van der Waals surface area contributed by atoms with Crippen molar-refractivity contribution in [3.63, 3.8) is 0 Å². The van der Waals surface area contributed by atoms with Crippen molar-refractivity contribution in [3.05, 3.63) is 60.1 Å². The van der Waals surface area contributed by atoms with Crippen molar-refractivity contribution in [2.24, 2.45) is 5.92 Å². The van der Waals surface area contributed by atoms with Gasteiger partial charge in [0, 0.05) is 57.3 Å². The normalized spacial score (nSPS) is 15.3. The van der Waals surface area contributed by atoms with Gasteiger partial charge in [-0.1, -0.05) is 43.3 Å². The molecule has 1 aliphatic heterocycles. The molecule has 0 saturated carbocycles. The Kier molecular flexibility index (Phi) is 9.59. The molecule has 0 aliphatic carbocycles. The smallest absolute Gasteiger partial charge is 0.227 e. The monoisotopic (exact) mass is 518 g/mol. The number of benzene rings is 1. The van der Waals surface area contributed by atoms with E-state index in [4.69, 9.17) is 4.52 Å². The van der Waals surface area contributed by atoms with Gasteiger partial charge in [0.15, 0.2) is 0 Å². The van der Waals surface area contributed by atoms with Crippen LogP contribution < -0.4 is 4.90 Å². The van der Waals surface area contributed by atoms with E-state index in [-0.39, 0.29) is 17.7 Å². The first-order valence-electron chi connectivity index (χ1n) is 13.5. The molecule has 2 aromatic heterocycles. The predicted octanol–water partition coefficient (Wildman–Crippen LogP) is 4.20. The van der Waals surface area contributed by atoms with E-state index in [0.29, 0.717) is 62.7 Å². The van der Waals surface area contributed by atoms with Crippen LogP contribution in [0, 0.1) is 5.92 Å². The summed E-state index contributed by atoms with van der Waals surface area (Å²) >= 11 is 0. The summed E-state index contributed by atoms with van der Waals surface area (Å²) in [6.07, 6.45) is 4.58. The van der Waals surface area contributed by atoms with Gasteiger partial charge in [-0.25, -0.2) is 0 Å². The molecule has 3 aromatic rings. The zero-order valence-electron chi connectivity index (χ0n) is 22.7. The van der Waals surface area contributed by atoms with E-state index in [9.17, 15) is 9.59 Å². The van der Waals surface area contributed by atoms with Gasteiger partial charge in [-0.2, -0.15) is 4.98 Å². The van der Waals surface area contributed by atoms with Crippen LogP contribution in [0.25, 0.3) is 11.5 Å². The van der Waals surface area contributed by atoms with E-state index in [1.807, 2.05) is 52.3 Å². The van der Waals surface area contributed by atoms with E-state index >= 15 is 0 Å². The lowest BCUT2D eigenvalue weighted by atomic mass is 10.1. The summed E-state index contributed by atoms with van der Waals surface area (Å²) in [5, 5.41) is 4.02. The number of anilines is 1. The van der Waals surface area contributed by atoms with Crippen LogP contribution in [0.3, 0.4) is 0 Å². The second-order valence-electron chi connectivity index (χ2n) is 10.3. The van der Waals surface area contributed by atoms with E-state index < -0.39 is 0 Å². The number of aromatic nitrogens is 3. The quantitative estimate of drug-likeness (QED) is 0.463. The number of para-hydroxylation sites is 1. The maximum absolute atomic E-state index is 13.4. The largest absolute Gasteiger partial charge is 0.339 e. The number of rotatable bonds is 7. The number of nitrogens with zero attached hydrogens (tertiary/aromatic N) is 6. The van der Waals surface area contributed by atoms with E-state index in [0.717, 1.165) is 30.8 Å². The van der Waals surface area contributed by atoms with Crippen LogP contribution in [-0.2, 0) is 22.6 Å². The van der Waals surface area contributed by atoms with Gasteiger partial charge in [0.1, 0.15) is 5.69 Å². The van der Waals surface area contributed by atoms with Crippen LogP contribution in [0.1, 0.15) is 51.0 Å². The molecule has 0 bridgehead atoms. The molecule has 0 radical (unpaired) electrons. The SMILES string of the molecule is CC(C)CC(=O)N1CCCN(C)CCN(C(=O)CCCc2nc(-c3ccccn3)no2)Cc2ccccc21. The Hall–Kier alpha value is -3.59. The highest BCUT2D eigenvalue weighted by molar-refractivity contribution is 5.94. The van der Waals surface area contributed by atoms with E-state index in [1.54, 1.807) is 6.20 Å². The summed E-state index contributed by atoms with van der Waals surface area (Å²) in [5.41, 5.74) is 2.57. The molecule has 0 unspecified atom stereocenters. The molecule has 1 aromatic carbocycles. The summed E-state index contributed by atoms with van der Waals surface area (Å²) in [7, 11) is 2.07. The van der Waals surface area contributed by atoms with Crippen LogP contribution in [0.2, 0.25) is 0 Å². The molecule has 0 fully saturated rings. The van der Waals surface area contributed by atoms with Gasteiger partial charge in [-0.3, -0.25) is 14.6 Å². The number of likely N-dealkylation sites (N-methyl/N-ethyl adjacent to an activating group) is 1. The minimum atomic E-state index is 0.0805. The predicted molar refractivity (Wildman–Crippen MR) is 146 cm³/mol. The number of hydrogen-bond acceptors (Lipinski definition) is 7. The summed E-state index contributed by atoms with van der Waals surface area (Å²) in [6, 6.07) is 13.5. The Balaban J connectivity index is 1.44. The van der Waals surface area contributed by atoms with Crippen LogP contribution >= 0.6 is 0 Å². The number of carbonyl (C=O) groups excluding carboxylic acids is 2. The Bertz CT molecular complexity index is 1200. The van der Waals surface area contributed by atoms with Crippen molar-refractivity contribution in [2.45, 2.75) is 52.5 Å². The molecule has 2 amide bonds. The maximum Gasteiger partial charge on any atom is 0.227 e. The lowest BCUT2D eigenvalue weighted by Gasteiger charge is -2.28. The van der Waals surface area contributed by atoms with Crippen molar-refractivity contribution in [1.29, 1.82) is 0 Å². The van der Waals surface area contributed by atoms with Crippen LogP contribution in [0.15, 0.2) is 53.2 Å². The van der Waals surface area contributed by atoms with Crippen molar-refractivity contribution >= 4 is 17.5 Å². The Morgan fingerprint density at radius 1 is 1.00 bits per heavy atom. The number of pyridine rings is 1. The van der Waals surface area contributed by atoms with Crippen molar-refractivity contribution in [1.82, 2.24) is 24.9 Å². The molecule has 1 aliphatic rings. The Morgan fingerprint density at radius 3 is 2.61 bits per heavy atom. The zero-order chi connectivity index (χ0) is 26.9. The number of aryl methyl sites for hydroxylation is 1. The average Bonchev–Trinajstić information content (AvgIpc) is 3.37. The molecule has 0 N–H and O–H groups in total. The van der Waals surface area contributed by atoms with Gasteiger partial charge in [-0.15, -0.1) is 0 Å². The van der Waals surface area contributed by atoms with Gasteiger partial charge in [0.05, 0.1) is 0 Å². The van der Waals surface area contributed by atoms with Crippen molar-refractivity contribution in [3.8, 4) is 11.5 Å². The summed E-state index contributed by atoms with van der Waals surface area (Å²) in [5.74, 6) is 1.46. The van der Waals surface area contributed by atoms with Gasteiger partial charge < -0.3 is 19.2 Å². The molecule has 9 heteroatoms. The first-order valence-corrected chi connectivity index (χ1v) is 13.5. The second-order valence-corrected chi connectivity index (χ2v) is 10.3. The minimum Gasteiger partial charge on any atom is -0.339 e. The highest BCUT2D eigenvalue weighted by Gasteiger charge is 2.23. The molecule has 4 rings (SSSR count). The first-order chi connectivity index (χ1) is 18.4. The average molecular weight is 519 g/mol. The van der Waals surface area contributed by atoms with Gasteiger partial charge in [0.25, 0.3) is 0 Å². The summed E-state index contributed by atoms with van der Waals surface area (Å²) < 4.78 is 5.38. The third kappa shape index (κ3) is 7.47. The molecule has 0 spiro atoms. The highest BCUT2D eigenvalue weighted by Crippen LogP contribution is 2.25. The van der Waals surface area contributed by atoms with Crippen LogP contribution in [-0.4, -0.2) is 70.0 Å². The van der Waals surface area contributed by atoms with Gasteiger partial charge in [-0.05, 0) is 56.1 Å². The zero-order valence-corrected chi connectivity index (χ0v) is 22.7. The highest BCUT2D eigenvalue weighted by atomic mass is 16.5. The van der Waals surface area contributed by atoms with Gasteiger partial charge in [0.2, 0.25) is 23.5 Å². The molecular formula is C29H38N6O3. The topological polar surface area (TPSA) is 95.7 Å². The second kappa shape index (κ2) is 13.3. The Labute approximate surface area is 224 Å². The summed E-state index contributed by atoms with van der Waals surface area (Å²) in [6.45, 7) is 7.56. The standard InChI is InChI=1S/C29H38N6O3/c1-22(2)20-28(37)35-17-9-16-33(3)18-19-34(21-23-10-4-5-12-25(23)35)27(36)14-8-13-26-31-29(32-38-26)24-11-6-7-15-30-24/h4-7,10-12,15,22H,8-9,13-14,16-21H2,1-3H3. The number of hydrogen-bond donors (Lipinski definition) is 0. The Morgan fingerprint density at radius 2 is 1.82 bits per heavy atom. The molecule has 3 heterocycles. The third-order valence-corrected chi connectivity index (χ3v) is 6.70. The van der Waals surface area contributed by atoms with Crippen molar-refractivity contribution < 1.29 is 14.1 Å². The van der Waals surface area contributed by atoms with E-state index in [1.165, 1.54) is 0 Å². The minimum absolute atomic E-state index is 0.0805. The molecule has 0 atom stereocenters. The van der Waals surface area contributed by atoms with E-state index in [2.05, 4.69) is 40.9 Å². The van der Waals surface area contributed by atoms with Crippen molar-refractivity contribution in [2.75, 3.05) is 38.1 Å². The van der Waals surface area contributed by atoms with Crippen LogP contribution in [0.5, 0.6) is 0 Å². The third-order valence-electron chi connectivity index (χ3n) is 6.70. The maximum atomic E-state index is 13.4. The molecular weight excluding hydrogens is 480 g/mol. The number of carbonyl (C=O) groups is 2. The fraction of sp³-hybridized carbons (Fsp3) is 0.483. The molecule has 202 valence electrons. The lowest BCUT2D eigenvalue weighted by molar-refractivity contribution is -0.132. The number of amides is 2. The van der Waals surface area contributed by atoms with Gasteiger partial charge >= 0.3 is 0 Å². The fourth-order valence-electron chi connectivity index (χ4n) is 4.65. The first kappa shape index (κ1) is 27.4. The van der Waals surface area contributed by atoms with Crippen LogP contribution in [0.4, 0.5) is 5.69 Å². The molecule has 0 saturated heterocycles. The number of fused-ring (bicyclic) bond motifs is 1. The fourth-order valence-corrected chi connectivity index (χ4v) is 4.65. The summed E-state index contributed by atoms with van der Waals surface area (Å²) in [4.78, 5) is 41.3. The molecule has 38 heavy (non-hydrogen) atoms. The lowest BCUT2D eigenvalue weighted by Crippen LogP contribution is -2.37. The molecule has 9 nitrogen and oxygen atoms in total.